The quantitative estimate of drug-likeness (QED) is 0.735. The fourth-order valence-electron chi connectivity index (χ4n) is 0.925. The average molecular weight is 217 g/mol. The van der Waals surface area contributed by atoms with Gasteiger partial charge in [0.15, 0.2) is 0 Å². The molecule has 6 heteroatoms. The van der Waals surface area contributed by atoms with Crippen LogP contribution in [0.3, 0.4) is 0 Å². The maximum atomic E-state index is 12.2. The summed E-state index contributed by atoms with van der Waals surface area (Å²) in [5.41, 5.74) is -0.746. The van der Waals surface area contributed by atoms with Crippen molar-refractivity contribution < 1.29 is 23.1 Å². The minimum absolute atomic E-state index is 0.0900. The summed E-state index contributed by atoms with van der Waals surface area (Å²) in [7, 11) is 0. The van der Waals surface area contributed by atoms with E-state index in [1.54, 1.807) is 0 Å². The van der Waals surface area contributed by atoms with Gasteiger partial charge < -0.3 is 5.11 Å². The first-order valence-electron chi connectivity index (χ1n) is 3.84. The van der Waals surface area contributed by atoms with Gasteiger partial charge in [-0.1, -0.05) is 12.1 Å². The van der Waals surface area contributed by atoms with E-state index in [0.717, 1.165) is 18.3 Å². The van der Waals surface area contributed by atoms with Gasteiger partial charge in [0.05, 0.1) is 5.56 Å². The highest BCUT2D eigenvalue weighted by Crippen LogP contribution is 2.29. The Morgan fingerprint density at radius 3 is 2.60 bits per heavy atom. The molecule has 0 aromatic heterocycles. The SMILES string of the molecule is O=C(O)/N=C/c1cccc(C(F)(F)F)c1. The summed E-state index contributed by atoms with van der Waals surface area (Å²) in [6.45, 7) is 0. The molecule has 0 aliphatic rings. The lowest BCUT2D eigenvalue weighted by Gasteiger charge is -2.06. The predicted octanol–water partition coefficient (Wildman–Crippen LogP) is 2.80. The topological polar surface area (TPSA) is 49.7 Å². The second-order valence-corrected chi connectivity index (χ2v) is 2.66. The van der Waals surface area contributed by atoms with Crippen LogP contribution in [0.15, 0.2) is 29.3 Å². The summed E-state index contributed by atoms with van der Waals surface area (Å²) in [6.07, 6.45) is -5.03. The number of amides is 1. The minimum atomic E-state index is -4.44. The lowest BCUT2D eigenvalue weighted by molar-refractivity contribution is -0.137. The summed E-state index contributed by atoms with van der Waals surface area (Å²) in [6, 6.07) is 4.25. The van der Waals surface area contributed by atoms with Crippen molar-refractivity contribution in [1.29, 1.82) is 0 Å². The summed E-state index contributed by atoms with van der Waals surface area (Å²) >= 11 is 0. The normalized spacial score (nSPS) is 11.9. The first kappa shape index (κ1) is 11.2. The Labute approximate surface area is 82.9 Å². The van der Waals surface area contributed by atoms with Gasteiger partial charge in [-0.15, -0.1) is 0 Å². The summed E-state index contributed by atoms with van der Waals surface area (Å²) in [5, 5.41) is 8.18. The van der Waals surface area contributed by atoms with Crippen LogP contribution in [0, 0.1) is 0 Å². The molecule has 0 atom stereocenters. The zero-order valence-corrected chi connectivity index (χ0v) is 7.32. The largest absolute Gasteiger partial charge is 0.463 e. The molecule has 0 saturated heterocycles. The molecule has 0 aliphatic heterocycles. The molecular formula is C9H6F3NO2. The van der Waals surface area contributed by atoms with Gasteiger partial charge in [-0.3, -0.25) is 0 Å². The maximum absolute atomic E-state index is 12.2. The number of hydrogen-bond donors (Lipinski definition) is 1. The van der Waals surface area contributed by atoms with Gasteiger partial charge in [0.1, 0.15) is 0 Å². The number of benzene rings is 1. The highest BCUT2D eigenvalue weighted by molar-refractivity contribution is 5.88. The van der Waals surface area contributed by atoms with Gasteiger partial charge in [0.2, 0.25) is 0 Å². The number of carbonyl (C=O) groups is 1. The monoisotopic (exact) mass is 217 g/mol. The molecule has 1 rings (SSSR count). The number of carboxylic acid groups (broad SMARTS) is 1. The first-order chi connectivity index (χ1) is 6.89. The Bertz CT molecular complexity index is 399. The smallest absolute Gasteiger partial charge is 0.431 e. The van der Waals surface area contributed by atoms with Gasteiger partial charge in [-0.05, 0) is 17.7 Å². The lowest BCUT2D eigenvalue weighted by atomic mass is 10.1. The fourth-order valence-corrected chi connectivity index (χ4v) is 0.925. The molecular weight excluding hydrogens is 211 g/mol. The van der Waals surface area contributed by atoms with Crippen molar-refractivity contribution >= 4 is 12.3 Å². The molecule has 0 saturated carbocycles. The van der Waals surface area contributed by atoms with E-state index >= 15 is 0 Å². The lowest BCUT2D eigenvalue weighted by Crippen LogP contribution is -2.05. The number of rotatable bonds is 1. The molecule has 0 heterocycles. The van der Waals surface area contributed by atoms with Gasteiger partial charge in [-0.2, -0.15) is 18.2 Å². The van der Waals surface area contributed by atoms with Crippen LogP contribution in [0.4, 0.5) is 18.0 Å². The molecule has 3 nitrogen and oxygen atoms in total. The molecule has 1 aromatic rings. The third kappa shape index (κ3) is 3.41. The van der Waals surface area contributed by atoms with Crippen LogP contribution >= 0.6 is 0 Å². The Morgan fingerprint density at radius 1 is 1.40 bits per heavy atom. The summed E-state index contributed by atoms with van der Waals surface area (Å²) in [5.74, 6) is 0. The van der Waals surface area contributed by atoms with Gasteiger partial charge in [0.25, 0.3) is 0 Å². The van der Waals surface area contributed by atoms with Gasteiger partial charge >= 0.3 is 12.3 Å². The molecule has 1 N–H and O–H groups in total. The average Bonchev–Trinajstić information content (AvgIpc) is 2.14. The number of hydrogen-bond acceptors (Lipinski definition) is 1. The van der Waals surface area contributed by atoms with E-state index in [2.05, 4.69) is 4.99 Å². The third-order valence-corrected chi connectivity index (χ3v) is 1.54. The molecule has 0 spiro atoms. The van der Waals surface area contributed by atoms with Crippen LogP contribution in [0.2, 0.25) is 0 Å². The van der Waals surface area contributed by atoms with Crippen LogP contribution in [0.25, 0.3) is 0 Å². The zero-order chi connectivity index (χ0) is 11.5. The molecule has 0 unspecified atom stereocenters. The molecule has 1 amide bonds. The number of alkyl halides is 3. The van der Waals surface area contributed by atoms with Crippen LogP contribution in [-0.2, 0) is 6.18 Å². The molecule has 0 aliphatic carbocycles. The Hall–Kier alpha value is -1.85. The zero-order valence-electron chi connectivity index (χ0n) is 7.32. The Morgan fingerprint density at radius 2 is 2.07 bits per heavy atom. The number of nitrogens with zero attached hydrogens (tertiary/aromatic N) is 1. The maximum Gasteiger partial charge on any atom is 0.431 e. The van der Waals surface area contributed by atoms with E-state index in [0.29, 0.717) is 0 Å². The second kappa shape index (κ2) is 4.12. The molecule has 0 bridgehead atoms. The highest BCUT2D eigenvalue weighted by atomic mass is 19.4. The van der Waals surface area contributed by atoms with Crippen LogP contribution < -0.4 is 0 Å². The molecule has 1 aromatic carbocycles. The van der Waals surface area contributed by atoms with Crippen molar-refractivity contribution in [2.24, 2.45) is 4.99 Å². The van der Waals surface area contributed by atoms with Gasteiger partial charge in [0, 0.05) is 6.21 Å². The van der Waals surface area contributed by atoms with E-state index in [-0.39, 0.29) is 5.56 Å². The molecule has 15 heavy (non-hydrogen) atoms. The Kier molecular flexibility index (Phi) is 3.08. The fraction of sp³-hybridized carbons (Fsp3) is 0.111. The first-order valence-corrected chi connectivity index (χ1v) is 3.84. The van der Waals surface area contributed by atoms with E-state index in [1.165, 1.54) is 12.1 Å². The summed E-state index contributed by atoms with van der Waals surface area (Å²) < 4.78 is 36.6. The number of aliphatic imine (C=N–C) groups is 1. The third-order valence-electron chi connectivity index (χ3n) is 1.54. The number of halogens is 3. The van der Waals surface area contributed by atoms with E-state index in [4.69, 9.17) is 5.11 Å². The van der Waals surface area contributed by atoms with Crippen LogP contribution in [0.1, 0.15) is 11.1 Å². The van der Waals surface area contributed by atoms with Crippen molar-refractivity contribution in [3.63, 3.8) is 0 Å². The highest BCUT2D eigenvalue weighted by Gasteiger charge is 2.30. The summed E-state index contributed by atoms with van der Waals surface area (Å²) in [4.78, 5) is 13.0. The molecule has 80 valence electrons. The van der Waals surface area contributed by atoms with E-state index < -0.39 is 17.8 Å². The van der Waals surface area contributed by atoms with Crippen molar-refractivity contribution in [3.8, 4) is 0 Å². The van der Waals surface area contributed by atoms with Crippen molar-refractivity contribution in [1.82, 2.24) is 0 Å². The van der Waals surface area contributed by atoms with Gasteiger partial charge in [-0.25, -0.2) is 4.79 Å². The van der Waals surface area contributed by atoms with Crippen molar-refractivity contribution in [2.45, 2.75) is 6.18 Å². The second-order valence-electron chi connectivity index (χ2n) is 2.66. The molecule has 0 fully saturated rings. The minimum Gasteiger partial charge on any atom is -0.463 e. The van der Waals surface area contributed by atoms with Crippen LogP contribution in [0.5, 0.6) is 0 Å². The van der Waals surface area contributed by atoms with Crippen molar-refractivity contribution in [2.75, 3.05) is 0 Å². The van der Waals surface area contributed by atoms with E-state index in [1.807, 2.05) is 0 Å². The van der Waals surface area contributed by atoms with E-state index in [9.17, 15) is 18.0 Å². The predicted molar refractivity (Wildman–Crippen MR) is 47.1 cm³/mol. The standard InChI is InChI=1S/C9H6F3NO2/c10-9(11,12)7-3-1-2-6(4-7)5-13-8(14)15/h1-5H,(H,14,15)/b13-5+. The molecule has 0 radical (unpaired) electrons. The Balaban J connectivity index is 2.98. The van der Waals surface area contributed by atoms with Crippen LogP contribution in [-0.4, -0.2) is 17.4 Å². The van der Waals surface area contributed by atoms with Crippen molar-refractivity contribution in [3.05, 3.63) is 35.4 Å².